The number of nitrogens with one attached hydrogen (secondary N) is 2. The van der Waals surface area contributed by atoms with Crippen LogP contribution in [0.4, 0.5) is 4.39 Å². The van der Waals surface area contributed by atoms with Gasteiger partial charge in [0.25, 0.3) is 0 Å². The lowest BCUT2D eigenvalue weighted by Gasteiger charge is -2.27. The first-order valence-electron chi connectivity index (χ1n) is 7.96. The quantitative estimate of drug-likeness (QED) is 0.304. The van der Waals surface area contributed by atoms with E-state index in [9.17, 15) is 9.18 Å². The first kappa shape index (κ1) is 23.6. The van der Waals surface area contributed by atoms with Crippen LogP contribution in [0.1, 0.15) is 40.2 Å². The van der Waals surface area contributed by atoms with Crippen LogP contribution < -0.4 is 10.6 Å². The van der Waals surface area contributed by atoms with Crippen molar-refractivity contribution < 1.29 is 13.9 Å². The SMILES string of the molecule is CN=C(NCC(=O)OC(C)(C)C)NCC(C)(C)c1cccc(F)c1.I. The third kappa shape index (κ3) is 9.04. The van der Waals surface area contributed by atoms with E-state index in [0.717, 1.165) is 5.56 Å². The maximum absolute atomic E-state index is 13.4. The molecule has 1 aromatic rings. The van der Waals surface area contributed by atoms with Gasteiger partial charge in [-0.05, 0) is 38.5 Å². The van der Waals surface area contributed by atoms with Crippen LogP contribution in [0.25, 0.3) is 0 Å². The molecule has 7 heteroatoms. The van der Waals surface area contributed by atoms with Gasteiger partial charge < -0.3 is 15.4 Å². The largest absolute Gasteiger partial charge is 0.459 e. The predicted molar refractivity (Wildman–Crippen MR) is 110 cm³/mol. The Morgan fingerprint density at radius 1 is 1.20 bits per heavy atom. The van der Waals surface area contributed by atoms with E-state index in [2.05, 4.69) is 15.6 Å². The molecule has 0 amide bonds. The van der Waals surface area contributed by atoms with E-state index in [0.29, 0.717) is 12.5 Å². The van der Waals surface area contributed by atoms with Crippen molar-refractivity contribution in [3.05, 3.63) is 35.6 Å². The summed E-state index contributed by atoms with van der Waals surface area (Å²) in [6, 6.07) is 6.54. The first-order valence-corrected chi connectivity index (χ1v) is 7.96. The van der Waals surface area contributed by atoms with E-state index in [1.807, 2.05) is 40.7 Å². The molecule has 0 aliphatic heterocycles. The van der Waals surface area contributed by atoms with Crippen molar-refractivity contribution in [1.29, 1.82) is 0 Å². The minimum Gasteiger partial charge on any atom is -0.459 e. The molecule has 0 saturated heterocycles. The van der Waals surface area contributed by atoms with E-state index >= 15 is 0 Å². The van der Waals surface area contributed by atoms with Crippen LogP contribution in [0.5, 0.6) is 0 Å². The smallest absolute Gasteiger partial charge is 0.325 e. The van der Waals surface area contributed by atoms with Crippen molar-refractivity contribution in [3.63, 3.8) is 0 Å². The number of hydrogen-bond acceptors (Lipinski definition) is 3. The average Bonchev–Trinajstić information content (AvgIpc) is 2.45. The highest BCUT2D eigenvalue weighted by molar-refractivity contribution is 14.0. The van der Waals surface area contributed by atoms with E-state index in [4.69, 9.17) is 4.74 Å². The number of esters is 1. The van der Waals surface area contributed by atoms with Crippen molar-refractivity contribution in [2.75, 3.05) is 20.1 Å². The molecule has 1 rings (SSSR count). The van der Waals surface area contributed by atoms with Gasteiger partial charge in [0.2, 0.25) is 0 Å². The van der Waals surface area contributed by atoms with Gasteiger partial charge in [-0.3, -0.25) is 9.79 Å². The fourth-order valence-electron chi connectivity index (χ4n) is 2.07. The van der Waals surface area contributed by atoms with E-state index in [1.54, 1.807) is 13.1 Å². The Labute approximate surface area is 166 Å². The molecule has 25 heavy (non-hydrogen) atoms. The summed E-state index contributed by atoms with van der Waals surface area (Å²) in [4.78, 5) is 15.8. The zero-order valence-corrected chi connectivity index (χ0v) is 18.1. The van der Waals surface area contributed by atoms with Gasteiger partial charge in [0.15, 0.2) is 5.96 Å². The van der Waals surface area contributed by atoms with Crippen LogP contribution in [0.2, 0.25) is 0 Å². The number of halogens is 2. The van der Waals surface area contributed by atoms with Gasteiger partial charge in [-0.15, -0.1) is 24.0 Å². The lowest BCUT2D eigenvalue weighted by atomic mass is 9.84. The minimum atomic E-state index is -0.519. The number of rotatable bonds is 5. The Morgan fingerprint density at radius 2 is 1.84 bits per heavy atom. The summed E-state index contributed by atoms with van der Waals surface area (Å²) in [7, 11) is 1.62. The molecular weight excluding hydrogens is 436 g/mol. The summed E-state index contributed by atoms with van der Waals surface area (Å²) in [5.74, 6) is -0.117. The van der Waals surface area contributed by atoms with Crippen LogP contribution in [0.3, 0.4) is 0 Å². The molecule has 142 valence electrons. The van der Waals surface area contributed by atoms with Gasteiger partial charge in [0, 0.05) is 19.0 Å². The van der Waals surface area contributed by atoms with E-state index in [1.165, 1.54) is 12.1 Å². The number of carbonyl (C=O) groups is 1. The van der Waals surface area contributed by atoms with Crippen molar-refractivity contribution >= 4 is 35.9 Å². The molecule has 0 bridgehead atoms. The van der Waals surface area contributed by atoms with Gasteiger partial charge in [0.05, 0.1) is 0 Å². The van der Waals surface area contributed by atoms with Crippen LogP contribution in [-0.2, 0) is 14.9 Å². The second-order valence-corrected chi connectivity index (χ2v) is 7.26. The fraction of sp³-hybridized carbons (Fsp3) is 0.556. The molecule has 5 nitrogen and oxygen atoms in total. The monoisotopic (exact) mass is 465 g/mol. The molecule has 2 N–H and O–H groups in total. The van der Waals surface area contributed by atoms with Crippen molar-refractivity contribution in [2.24, 2.45) is 4.99 Å². The molecule has 0 heterocycles. The van der Waals surface area contributed by atoms with Crippen molar-refractivity contribution in [3.8, 4) is 0 Å². The maximum Gasteiger partial charge on any atom is 0.325 e. The van der Waals surface area contributed by atoms with Crippen LogP contribution in [0.15, 0.2) is 29.3 Å². The fourth-order valence-corrected chi connectivity index (χ4v) is 2.07. The Hall–Kier alpha value is -1.38. The van der Waals surface area contributed by atoms with Crippen molar-refractivity contribution in [2.45, 2.75) is 45.6 Å². The highest BCUT2D eigenvalue weighted by atomic mass is 127. The molecule has 0 aliphatic rings. The Balaban J connectivity index is 0.00000576. The molecule has 0 aliphatic carbocycles. The second-order valence-electron chi connectivity index (χ2n) is 7.26. The molecule has 0 aromatic heterocycles. The zero-order valence-electron chi connectivity index (χ0n) is 15.8. The zero-order chi connectivity index (χ0) is 18.4. The molecule has 1 aromatic carbocycles. The molecule has 0 unspecified atom stereocenters. The molecule has 0 radical (unpaired) electrons. The lowest BCUT2D eigenvalue weighted by molar-refractivity contribution is -0.153. The predicted octanol–water partition coefficient (Wildman–Crippen LogP) is 3.23. The summed E-state index contributed by atoms with van der Waals surface area (Å²) in [5.41, 5.74) is 0.0679. The number of nitrogens with zero attached hydrogens (tertiary/aromatic N) is 1. The molecule has 0 spiro atoms. The number of carbonyl (C=O) groups excluding carboxylic acids is 1. The third-order valence-corrected chi connectivity index (χ3v) is 3.35. The van der Waals surface area contributed by atoms with Gasteiger partial charge >= 0.3 is 5.97 Å². The van der Waals surface area contributed by atoms with Crippen LogP contribution in [-0.4, -0.2) is 37.7 Å². The third-order valence-electron chi connectivity index (χ3n) is 3.35. The Bertz CT molecular complexity index is 598. The van der Waals surface area contributed by atoms with Crippen LogP contribution in [0, 0.1) is 5.82 Å². The highest BCUT2D eigenvalue weighted by Crippen LogP contribution is 2.22. The number of aliphatic imine (C=N–C) groups is 1. The van der Waals surface area contributed by atoms with E-state index in [-0.39, 0.29) is 47.7 Å². The number of benzene rings is 1. The highest BCUT2D eigenvalue weighted by Gasteiger charge is 2.22. The summed E-state index contributed by atoms with van der Waals surface area (Å²) >= 11 is 0. The average molecular weight is 465 g/mol. The summed E-state index contributed by atoms with van der Waals surface area (Å²) < 4.78 is 18.6. The lowest BCUT2D eigenvalue weighted by Crippen LogP contribution is -2.45. The Morgan fingerprint density at radius 3 is 2.36 bits per heavy atom. The second kappa shape index (κ2) is 9.94. The number of hydrogen-bond donors (Lipinski definition) is 2. The summed E-state index contributed by atoms with van der Waals surface area (Å²) in [6.07, 6.45) is 0. The van der Waals surface area contributed by atoms with E-state index < -0.39 is 5.60 Å². The molecule has 0 atom stereocenters. The number of guanidine groups is 1. The summed E-state index contributed by atoms with van der Waals surface area (Å²) in [5, 5.41) is 6.07. The molecular formula is C18H29FIN3O2. The Kier molecular flexibility index (Phi) is 9.39. The summed E-state index contributed by atoms with van der Waals surface area (Å²) in [6.45, 7) is 10.0. The normalized spacial score (nSPS) is 12.2. The topological polar surface area (TPSA) is 62.7 Å². The first-order chi connectivity index (χ1) is 11.0. The molecule has 0 fully saturated rings. The van der Waals surface area contributed by atoms with Gasteiger partial charge in [-0.1, -0.05) is 26.0 Å². The maximum atomic E-state index is 13.4. The van der Waals surface area contributed by atoms with Crippen molar-refractivity contribution in [1.82, 2.24) is 10.6 Å². The minimum absolute atomic E-state index is 0. The van der Waals surface area contributed by atoms with Gasteiger partial charge in [0.1, 0.15) is 18.0 Å². The standard InChI is InChI=1S/C18H28FN3O2.HI/c1-17(2,3)24-15(23)11-21-16(20-6)22-12-18(4,5)13-8-7-9-14(19)10-13;/h7-10H,11-12H2,1-6H3,(H2,20,21,22);1H. The van der Waals surface area contributed by atoms with Gasteiger partial charge in [-0.2, -0.15) is 0 Å². The number of ether oxygens (including phenoxy) is 1. The molecule has 0 saturated carbocycles. The van der Waals surface area contributed by atoms with Crippen LogP contribution >= 0.6 is 24.0 Å². The van der Waals surface area contributed by atoms with Gasteiger partial charge in [-0.25, -0.2) is 4.39 Å².